The maximum absolute atomic E-state index is 11.2. The molecule has 0 spiro atoms. The molecule has 0 aliphatic heterocycles. The van der Waals surface area contributed by atoms with Crippen molar-refractivity contribution in [2.75, 3.05) is 5.73 Å². The normalized spacial score (nSPS) is 10.5. The molecule has 1 aromatic heterocycles. The van der Waals surface area contributed by atoms with Crippen LogP contribution in [0.5, 0.6) is 0 Å². The fourth-order valence-corrected chi connectivity index (χ4v) is 1.23. The highest BCUT2D eigenvalue weighted by Gasteiger charge is 2.03. The summed E-state index contributed by atoms with van der Waals surface area (Å²) in [5.41, 5.74) is 5.21. The van der Waals surface area contributed by atoms with Crippen molar-refractivity contribution in [3.8, 4) is 0 Å². The van der Waals surface area contributed by atoms with Crippen LogP contribution >= 0.6 is 11.6 Å². The van der Waals surface area contributed by atoms with E-state index in [0.717, 1.165) is 0 Å². The average Bonchev–Trinajstić information content (AvgIpc) is 2.06. The van der Waals surface area contributed by atoms with Crippen LogP contribution in [0.2, 0.25) is 5.02 Å². The Morgan fingerprint density at radius 3 is 3.00 bits per heavy atom. The summed E-state index contributed by atoms with van der Waals surface area (Å²) in [6.45, 7) is 0. The number of fused-ring (bicyclic) bond motifs is 1. The Morgan fingerprint density at radius 2 is 2.23 bits per heavy atom. The Labute approximate surface area is 77.9 Å². The van der Waals surface area contributed by atoms with Crippen LogP contribution < -0.4 is 11.4 Å². The van der Waals surface area contributed by atoms with Crippen molar-refractivity contribution in [2.45, 2.75) is 0 Å². The summed E-state index contributed by atoms with van der Waals surface area (Å²) >= 11 is 5.69. The monoisotopic (exact) mass is 196 g/mol. The zero-order chi connectivity index (χ0) is 9.42. The molecule has 0 amide bonds. The molecule has 0 saturated heterocycles. The largest absolute Gasteiger partial charge is 0.389 e. The second kappa shape index (κ2) is 2.74. The van der Waals surface area contributed by atoms with Crippen molar-refractivity contribution in [3.05, 3.63) is 33.6 Å². The average molecular weight is 197 g/mol. The van der Waals surface area contributed by atoms with Gasteiger partial charge in [-0.2, -0.15) is 4.98 Å². The Hall–Kier alpha value is -1.55. The molecule has 0 aliphatic rings. The van der Waals surface area contributed by atoms with Gasteiger partial charge in [-0.15, -0.1) is 0 Å². The van der Waals surface area contributed by atoms with Crippen LogP contribution in [0.4, 0.5) is 6.01 Å². The SMILES string of the molecule is Nc1nc2ccc(Cl)cc2c(=O)o1. The van der Waals surface area contributed by atoms with Gasteiger partial charge < -0.3 is 10.2 Å². The Balaban J connectivity index is 2.95. The number of rotatable bonds is 0. The summed E-state index contributed by atoms with van der Waals surface area (Å²) in [7, 11) is 0. The smallest absolute Gasteiger partial charge is 0.348 e. The van der Waals surface area contributed by atoms with Crippen molar-refractivity contribution in [1.82, 2.24) is 4.98 Å². The van der Waals surface area contributed by atoms with E-state index < -0.39 is 5.63 Å². The van der Waals surface area contributed by atoms with Crippen molar-refractivity contribution in [1.29, 1.82) is 0 Å². The van der Waals surface area contributed by atoms with E-state index in [2.05, 4.69) is 9.40 Å². The first-order valence-corrected chi connectivity index (χ1v) is 3.90. The van der Waals surface area contributed by atoms with Gasteiger partial charge in [0.15, 0.2) is 0 Å². The van der Waals surface area contributed by atoms with Gasteiger partial charge in [0.2, 0.25) is 0 Å². The van der Waals surface area contributed by atoms with Gasteiger partial charge >= 0.3 is 5.63 Å². The molecule has 5 heteroatoms. The molecule has 0 atom stereocenters. The minimum absolute atomic E-state index is 0.139. The van der Waals surface area contributed by atoms with E-state index in [-0.39, 0.29) is 6.01 Å². The number of benzene rings is 1. The molecular formula is C8H5ClN2O2. The molecule has 0 saturated carbocycles. The molecule has 2 N–H and O–H groups in total. The summed E-state index contributed by atoms with van der Waals surface area (Å²) in [4.78, 5) is 15.0. The van der Waals surface area contributed by atoms with E-state index in [1.807, 2.05) is 0 Å². The third kappa shape index (κ3) is 1.36. The first kappa shape index (κ1) is 8.07. The molecule has 4 nitrogen and oxygen atoms in total. The first-order valence-electron chi connectivity index (χ1n) is 3.53. The molecular weight excluding hydrogens is 192 g/mol. The quantitative estimate of drug-likeness (QED) is 0.692. The predicted molar refractivity (Wildman–Crippen MR) is 49.7 cm³/mol. The minimum Gasteiger partial charge on any atom is -0.389 e. The molecule has 66 valence electrons. The van der Waals surface area contributed by atoms with E-state index in [4.69, 9.17) is 17.3 Å². The van der Waals surface area contributed by atoms with Gasteiger partial charge in [-0.1, -0.05) is 11.6 Å². The van der Waals surface area contributed by atoms with Gasteiger partial charge in [-0.05, 0) is 18.2 Å². The summed E-state index contributed by atoms with van der Waals surface area (Å²) in [6.07, 6.45) is 0. The lowest BCUT2D eigenvalue weighted by Crippen LogP contribution is -2.04. The van der Waals surface area contributed by atoms with Crippen LogP contribution in [0.25, 0.3) is 10.9 Å². The first-order chi connectivity index (χ1) is 6.16. The van der Waals surface area contributed by atoms with E-state index in [1.54, 1.807) is 12.1 Å². The number of nitrogens with zero attached hydrogens (tertiary/aromatic N) is 1. The summed E-state index contributed by atoms with van der Waals surface area (Å²) < 4.78 is 4.60. The van der Waals surface area contributed by atoms with Crippen LogP contribution in [0, 0.1) is 0 Å². The number of anilines is 1. The van der Waals surface area contributed by atoms with Gasteiger partial charge in [-0.25, -0.2) is 4.79 Å². The van der Waals surface area contributed by atoms with E-state index in [1.165, 1.54) is 6.07 Å². The summed E-state index contributed by atoms with van der Waals surface area (Å²) in [5, 5.41) is 0.799. The number of halogens is 1. The van der Waals surface area contributed by atoms with Crippen molar-refractivity contribution < 1.29 is 4.42 Å². The summed E-state index contributed by atoms with van der Waals surface area (Å²) in [6, 6.07) is 4.61. The zero-order valence-corrected chi connectivity index (χ0v) is 7.21. The molecule has 2 rings (SSSR count). The van der Waals surface area contributed by atoms with Crippen molar-refractivity contribution in [2.24, 2.45) is 0 Å². The maximum atomic E-state index is 11.2. The number of hydrogen-bond donors (Lipinski definition) is 1. The molecule has 0 aliphatic carbocycles. The molecule has 0 fully saturated rings. The highest BCUT2D eigenvalue weighted by molar-refractivity contribution is 6.31. The zero-order valence-electron chi connectivity index (χ0n) is 6.45. The van der Waals surface area contributed by atoms with Crippen molar-refractivity contribution >= 4 is 28.5 Å². The fraction of sp³-hybridized carbons (Fsp3) is 0. The van der Waals surface area contributed by atoms with E-state index in [9.17, 15) is 4.79 Å². The highest BCUT2D eigenvalue weighted by Crippen LogP contribution is 2.15. The number of aromatic nitrogens is 1. The molecule has 1 aromatic carbocycles. The molecule has 13 heavy (non-hydrogen) atoms. The fourth-order valence-electron chi connectivity index (χ4n) is 1.06. The van der Waals surface area contributed by atoms with Gasteiger partial charge in [0.1, 0.15) is 0 Å². The van der Waals surface area contributed by atoms with Gasteiger partial charge in [0.25, 0.3) is 6.01 Å². The molecule has 0 radical (unpaired) electrons. The second-order valence-electron chi connectivity index (χ2n) is 2.50. The lowest BCUT2D eigenvalue weighted by atomic mass is 10.2. The number of nitrogens with two attached hydrogens (primary N) is 1. The summed E-state index contributed by atoms with van der Waals surface area (Å²) in [5.74, 6) is 0. The van der Waals surface area contributed by atoms with E-state index >= 15 is 0 Å². The third-order valence-electron chi connectivity index (χ3n) is 1.61. The van der Waals surface area contributed by atoms with Crippen LogP contribution in [0.15, 0.2) is 27.4 Å². The Bertz CT molecular complexity index is 521. The molecule has 0 bridgehead atoms. The van der Waals surface area contributed by atoms with Gasteiger partial charge in [0, 0.05) is 5.02 Å². The molecule has 2 aromatic rings. The number of nitrogen functional groups attached to an aromatic ring is 1. The third-order valence-corrected chi connectivity index (χ3v) is 1.84. The standard InChI is InChI=1S/C8H5ClN2O2/c9-4-1-2-6-5(3-4)7(12)13-8(10)11-6/h1-3H,(H2,10,11). The lowest BCUT2D eigenvalue weighted by Gasteiger charge is -1.96. The lowest BCUT2D eigenvalue weighted by molar-refractivity contribution is 0.524. The Kier molecular flexibility index (Phi) is 1.70. The predicted octanol–water partition coefficient (Wildman–Crippen LogP) is 1.42. The van der Waals surface area contributed by atoms with Crippen LogP contribution in [-0.2, 0) is 0 Å². The second-order valence-corrected chi connectivity index (χ2v) is 2.94. The Morgan fingerprint density at radius 1 is 1.46 bits per heavy atom. The van der Waals surface area contributed by atoms with Gasteiger partial charge in [-0.3, -0.25) is 0 Å². The molecule has 0 unspecified atom stereocenters. The van der Waals surface area contributed by atoms with E-state index in [0.29, 0.717) is 15.9 Å². The van der Waals surface area contributed by atoms with Crippen LogP contribution in [0.3, 0.4) is 0 Å². The number of hydrogen-bond acceptors (Lipinski definition) is 4. The van der Waals surface area contributed by atoms with Crippen LogP contribution in [0.1, 0.15) is 0 Å². The highest BCUT2D eigenvalue weighted by atomic mass is 35.5. The molecule has 1 heterocycles. The minimum atomic E-state index is -0.523. The topological polar surface area (TPSA) is 69.1 Å². The van der Waals surface area contributed by atoms with Crippen molar-refractivity contribution in [3.63, 3.8) is 0 Å². The van der Waals surface area contributed by atoms with Crippen LogP contribution in [-0.4, -0.2) is 4.98 Å². The van der Waals surface area contributed by atoms with Gasteiger partial charge in [0.05, 0.1) is 10.9 Å². The maximum Gasteiger partial charge on any atom is 0.348 e.